The van der Waals surface area contributed by atoms with Crippen molar-refractivity contribution >= 4 is 21.6 Å². The summed E-state index contributed by atoms with van der Waals surface area (Å²) in [6, 6.07) is 10.1. The SMILES string of the molecule is CC1(C)CC(c2ccccc2)C(CBr)=[N+]([O-])O1. The first kappa shape index (κ1) is 12.4. The summed E-state index contributed by atoms with van der Waals surface area (Å²) in [5.41, 5.74) is 1.48. The Hall–Kier alpha value is -1.03. The second kappa shape index (κ2) is 4.69. The Morgan fingerprint density at radius 1 is 1.41 bits per heavy atom. The topological polar surface area (TPSA) is 35.3 Å². The highest BCUT2D eigenvalue weighted by molar-refractivity contribution is 9.09. The van der Waals surface area contributed by atoms with Crippen LogP contribution in [0.5, 0.6) is 0 Å². The fraction of sp³-hybridized carbons (Fsp3) is 0.462. The van der Waals surface area contributed by atoms with Crippen LogP contribution < -0.4 is 0 Å². The fourth-order valence-corrected chi connectivity index (χ4v) is 2.79. The minimum atomic E-state index is -0.423. The fourth-order valence-electron chi connectivity index (χ4n) is 2.19. The van der Waals surface area contributed by atoms with E-state index in [-0.39, 0.29) is 5.92 Å². The van der Waals surface area contributed by atoms with Crippen molar-refractivity contribution in [3.63, 3.8) is 0 Å². The molecule has 0 spiro atoms. The Balaban J connectivity index is 2.41. The maximum absolute atomic E-state index is 11.9. The molecule has 0 saturated heterocycles. The maximum Gasteiger partial charge on any atom is 0.239 e. The molecule has 1 aromatic rings. The van der Waals surface area contributed by atoms with Gasteiger partial charge in [-0.2, -0.15) is 0 Å². The molecular weight excluding hydrogens is 282 g/mol. The molecule has 0 saturated carbocycles. The number of hydrogen-bond donors (Lipinski definition) is 0. The van der Waals surface area contributed by atoms with Crippen molar-refractivity contribution in [2.24, 2.45) is 0 Å². The molecular formula is C13H16BrNO2. The van der Waals surface area contributed by atoms with E-state index in [1.165, 1.54) is 5.56 Å². The first-order valence-electron chi connectivity index (χ1n) is 5.66. The lowest BCUT2D eigenvalue weighted by atomic mass is 9.84. The molecule has 3 nitrogen and oxygen atoms in total. The van der Waals surface area contributed by atoms with Gasteiger partial charge < -0.3 is 4.84 Å². The summed E-state index contributed by atoms with van der Waals surface area (Å²) in [6.07, 6.45) is 0.816. The van der Waals surface area contributed by atoms with Crippen LogP contribution in [0, 0.1) is 5.21 Å². The normalized spacial score (nSPS) is 23.4. The van der Waals surface area contributed by atoms with Gasteiger partial charge in [-0.3, -0.25) is 5.21 Å². The van der Waals surface area contributed by atoms with Crippen molar-refractivity contribution in [1.82, 2.24) is 0 Å². The minimum absolute atomic E-state index is 0.122. The molecule has 1 heterocycles. The Morgan fingerprint density at radius 3 is 2.65 bits per heavy atom. The highest BCUT2D eigenvalue weighted by Gasteiger charge is 2.37. The number of benzene rings is 1. The lowest BCUT2D eigenvalue weighted by Crippen LogP contribution is -2.42. The van der Waals surface area contributed by atoms with Gasteiger partial charge >= 0.3 is 0 Å². The molecule has 1 atom stereocenters. The zero-order valence-corrected chi connectivity index (χ0v) is 11.6. The summed E-state index contributed by atoms with van der Waals surface area (Å²) >= 11 is 3.37. The van der Waals surface area contributed by atoms with Gasteiger partial charge in [0.15, 0.2) is 0 Å². The van der Waals surface area contributed by atoms with Crippen molar-refractivity contribution in [3.8, 4) is 0 Å². The van der Waals surface area contributed by atoms with E-state index in [0.29, 0.717) is 10.2 Å². The molecule has 1 unspecified atom stereocenters. The average Bonchev–Trinajstić information content (AvgIpc) is 2.28. The summed E-state index contributed by atoms with van der Waals surface area (Å²) in [4.78, 5) is 6.02. The molecule has 0 N–H and O–H groups in total. The van der Waals surface area contributed by atoms with Crippen molar-refractivity contribution in [1.29, 1.82) is 0 Å². The Morgan fingerprint density at radius 2 is 2.06 bits per heavy atom. The van der Waals surface area contributed by atoms with Crippen LogP contribution in [0.3, 0.4) is 0 Å². The van der Waals surface area contributed by atoms with Gasteiger partial charge in [-0.15, -0.1) is 0 Å². The number of rotatable bonds is 2. The predicted octanol–water partition coefficient (Wildman–Crippen LogP) is 3.23. The van der Waals surface area contributed by atoms with Crippen molar-refractivity contribution in [2.75, 3.05) is 5.33 Å². The minimum Gasteiger partial charge on any atom is -0.397 e. The molecule has 2 rings (SSSR count). The number of hydrogen-bond acceptors (Lipinski definition) is 2. The lowest BCUT2D eigenvalue weighted by Gasteiger charge is -2.36. The molecule has 1 aliphatic rings. The van der Waals surface area contributed by atoms with E-state index in [4.69, 9.17) is 4.84 Å². The molecule has 0 amide bonds. The van der Waals surface area contributed by atoms with Gasteiger partial charge in [-0.05, 0) is 25.8 Å². The molecule has 17 heavy (non-hydrogen) atoms. The molecule has 92 valence electrons. The molecule has 0 aliphatic carbocycles. The zero-order valence-electron chi connectivity index (χ0n) is 10.0. The van der Waals surface area contributed by atoms with Gasteiger partial charge in [0.1, 0.15) is 0 Å². The maximum atomic E-state index is 11.9. The molecule has 0 radical (unpaired) electrons. The molecule has 1 aliphatic heterocycles. The average molecular weight is 298 g/mol. The number of nitrogens with zero attached hydrogens (tertiary/aromatic N) is 1. The van der Waals surface area contributed by atoms with Gasteiger partial charge in [0, 0.05) is 4.90 Å². The molecule has 0 fully saturated rings. The summed E-state index contributed by atoms with van der Waals surface area (Å²) in [5.74, 6) is 0.122. The van der Waals surface area contributed by atoms with Crippen LogP contribution in [-0.4, -0.2) is 21.5 Å². The van der Waals surface area contributed by atoms with E-state index in [1.54, 1.807) is 0 Å². The van der Waals surface area contributed by atoms with Gasteiger partial charge in [0.25, 0.3) is 0 Å². The summed E-state index contributed by atoms with van der Waals surface area (Å²) in [6.45, 7) is 3.89. The second-order valence-electron chi connectivity index (χ2n) is 4.90. The van der Waals surface area contributed by atoms with E-state index in [0.717, 1.165) is 12.1 Å². The monoisotopic (exact) mass is 297 g/mol. The van der Waals surface area contributed by atoms with Crippen LogP contribution in [0.25, 0.3) is 0 Å². The standard InChI is InChI=1S/C13H16BrNO2/c1-13(2)8-11(10-6-4-3-5-7-10)12(9-14)15(16)17-13/h3-7,11H,8-9H2,1-2H3. The molecule has 4 heteroatoms. The van der Waals surface area contributed by atoms with Crippen LogP contribution >= 0.6 is 15.9 Å². The van der Waals surface area contributed by atoms with Crippen LogP contribution in [0.2, 0.25) is 0 Å². The van der Waals surface area contributed by atoms with E-state index < -0.39 is 5.60 Å². The zero-order chi connectivity index (χ0) is 12.5. The van der Waals surface area contributed by atoms with E-state index in [2.05, 4.69) is 28.1 Å². The Kier molecular flexibility index (Phi) is 3.43. The molecule has 0 bridgehead atoms. The third-order valence-electron chi connectivity index (χ3n) is 3.00. The van der Waals surface area contributed by atoms with Crippen LogP contribution in [0.4, 0.5) is 0 Å². The smallest absolute Gasteiger partial charge is 0.239 e. The van der Waals surface area contributed by atoms with Crippen molar-refractivity contribution in [3.05, 3.63) is 41.1 Å². The van der Waals surface area contributed by atoms with Gasteiger partial charge in [0.05, 0.1) is 16.8 Å². The van der Waals surface area contributed by atoms with E-state index in [9.17, 15) is 5.21 Å². The summed E-state index contributed by atoms with van der Waals surface area (Å²) in [7, 11) is 0. The highest BCUT2D eigenvalue weighted by atomic mass is 79.9. The van der Waals surface area contributed by atoms with Crippen LogP contribution in [0.15, 0.2) is 30.3 Å². The summed E-state index contributed by atoms with van der Waals surface area (Å²) in [5, 5.41) is 12.4. The number of halogens is 1. The van der Waals surface area contributed by atoms with Gasteiger partial charge in [-0.1, -0.05) is 46.3 Å². The Labute approximate surface area is 110 Å². The Bertz CT molecular complexity index is 428. The van der Waals surface area contributed by atoms with Gasteiger partial charge in [0.2, 0.25) is 5.71 Å². The first-order chi connectivity index (χ1) is 8.03. The quantitative estimate of drug-likeness (QED) is 0.620. The van der Waals surface area contributed by atoms with Crippen molar-refractivity contribution in [2.45, 2.75) is 31.8 Å². The van der Waals surface area contributed by atoms with Crippen molar-refractivity contribution < 1.29 is 9.74 Å². The van der Waals surface area contributed by atoms with E-state index in [1.807, 2.05) is 32.0 Å². The molecule has 0 aromatic heterocycles. The van der Waals surface area contributed by atoms with Crippen LogP contribution in [-0.2, 0) is 4.84 Å². The van der Waals surface area contributed by atoms with Crippen LogP contribution in [0.1, 0.15) is 31.7 Å². The highest BCUT2D eigenvalue weighted by Crippen LogP contribution is 2.33. The largest absolute Gasteiger partial charge is 0.397 e. The second-order valence-corrected chi connectivity index (χ2v) is 5.46. The number of alkyl halides is 1. The predicted molar refractivity (Wildman–Crippen MR) is 71.4 cm³/mol. The van der Waals surface area contributed by atoms with Gasteiger partial charge in [-0.25, -0.2) is 0 Å². The molecule has 1 aromatic carbocycles. The first-order valence-corrected chi connectivity index (χ1v) is 6.78. The summed E-state index contributed by atoms with van der Waals surface area (Å²) < 4.78 is 0. The third kappa shape index (κ3) is 2.63. The third-order valence-corrected chi connectivity index (χ3v) is 3.58. The lowest BCUT2D eigenvalue weighted by molar-refractivity contribution is -0.770. The van der Waals surface area contributed by atoms with E-state index >= 15 is 0 Å².